The minimum absolute atomic E-state index is 0.317. The number of aliphatic hydroxyl groups excluding tert-OH is 1. The summed E-state index contributed by atoms with van der Waals surface area (Å²) >= 11 is 0. The number of hydrogen-bond donors (Lipinski definition) is 2. The van der Waals surface area contributed by atoms with Crippen LogP contribution in [-0.4, -0.2) is 23.8 Å². The van der Waals surface area contributed by atoms with Crippen LogP contribution in [0.25, 0.3) is 0 Å². The fourth-order valence-corrected chi connectivity index (χ4v) is 2.96. The largest absolute Gasteiger partial charge is 0.396 e. The third kappa shape index (κ3) is 4.12. The summed E-state index contributed by atoms with van der Waals surface area (Å²) in [5.41, 5.74) is 0.508. The van der Waals surface area contributed by atoms with E-state index in [2.05, 4.69) is 33.0 Å². The summed E-state index contributed by atoms with van der Waals surface area (Å²) in [5.74, 6) is 0.788. The van der Waals surface area contributed by atoms with Crippen molar-refractivity contribution in [1.82, 2.24) is 5.32 Å². The Balaban J connectivity index is 2.32. The molecule has 1 aliphatic rings. The smallest absolute Gasteiger partial charge is 0.0431 e. The molecule has 0 aromatic heterocycles. The average molecular weight is 213 g/mol. The highest BCUT2D eigenvalue weighted by atomic mass is 16.2. The predicted octanol–water partition coefficient (Wildman–Crippen LogP) is 2.56. The van der Waals surface area contributed by atoms with Crippen LogP contribution in [0.5, 0.6) is 0 Å². The van der Waals surface area contributed by atoms with Crippen LogP contribution in [0, 0.1) is 11.3 Å². The molecule has 1 rings (SSSR count). The Hall–Kier alpha value is -0.0800. The molecule has 0 saturated heterocycles. The normalized spacial score (nSPS) is 31.8. The second kappa shape index (κ2) is 5.31. The monoisotopic (exact) mass is 213 g/mol. The Morgan fingerprint density at radius 1 is 1.40 bits per heavy atom. The van der Waals surface area contributed by atoms with E-state index in [0.29, 0.717) is 24.1 Å². The van der Waals surface area contributed by atoms with E-state index in [1.54, 1.807) is 0 Å². The van der Waals surface area contributed by atoms with E-state index in [1.165, 1.54) is 12.8 Å². The lowest BCUT2D eigenvalue weighted by Gasteiger charge is -2.23. The fourth-order valence-electron chi connectivity index (χ4n) is 2.96. The first kappa shape index (κ1) is 13.0. The van der Waals surface area contributed by atoms with E-state index < -0.39 is 0 Å². The van der Waals surface area contributed by atoms with Crippen molar-refractivity contribution in [2.45, 2.75) is 65.5 Å². The second-order valence-electron chi connectivity index (χ2n) is 6.09. The molecule has 2 N–H and O–H groups in total. The Morgan fingerprint density at radius 2 is 2.07 bits per heavy atom. The van der Waals surface area contributed by atoms with Gasteiger partial charge in [0.2, 0.25) is 0 Å². The van der Waals surface area contributed by atoms with Crippen LogP contribution in [0.4, 0.5) is 0 Å². The molecule has 90 valence electrons. The molecule has 0 aromatic carbocycles. The van der Waals surface area contributed by atoms with Gasteiger partial charge in [0.15, 0.2) is 0 Å². The van der Waals surface area contributed by atoms with Crippen molar-refractivity contribution < 1.29 is 5.11 Å². The zero-order chi connectivity index (χ0) is 11.5. The standard InChI is InChI=1S/C13H27NO/c1-10-8-13(3,4)9-12(10)14-11(2)6-5-7-15/h10-12,14-15H,5-9H2,1-4H3/t10-,11-,12-/m1/s1. The Bertz CT molecular complexity index is 191. The molecule has 0 spiro atoms. The molecular formula is C13H27NO. The van der Waals surface area contributed by atoms with Gasteiger partial charge in [0.1, 0.15) is 0 Å². The average Bonchev–Trinajstić information content (AvgIpc) is 2.36. The first-order valence-corrected chi connectivity index (χ1v) is 6.31. The molecule has 0 aromatic rings. The van der Waals surface area contributed by atoms with Gasteiger partial charge in [-0.15, -0.1) is 0 Å². The molecule has 3 atom stereocenters. The van der Waals surface area contributed by atoms with Gasteiger partial charge >= 0.3 is 0 Å². The number of aliphatic hydroxyl groups is 1. The molecule has 1 saturated carbocycles. The molecule has 2 nitrogen and oxygen atoms in total. The third-order valence-corrected chi connectivity index (χ3v) is 3.63. The maximum atomic E-state index is 8.78. The molecule has 15 heavy (non-hydrogen) atoms. The molecule has 0 aliphatic heterocycles. The van der Waals surface area contributed by atoms with E-state index in [1.807, 2.05) is 0 Å². The summed E-state index contributed by atoms with van der Waals surface area (Å²) < 4.78 is 0. The van der Waals surface area contributed by atoms with Gasteiger partial charge in [-0.3, -0.25) is 0 Å². The molecule has 0 radical (unpaired) electrons. The molecule has 1 fully saturated rings. The van der Waals surface area contributed by atoms with Gasteiger partial charge in [-0.1, -0.05) is 20.8 Å². The highest BCUT2D eigenvalue weighted by Gasteiger charge is 2.36. The first-order valence-electron chi connectivity index (χ1n) is 6.31. The molecule has 2 heteroatoms. The minimum Gasteiger partial charge on any atom is -0.396 e. The van der Waals surface area contributed by atoms with Gasteiger partial charge in [0.25, 0.3) is 0 Å². The van der Waals surface area contributed by atoms with Crippen LogP contribution in [0.15, 0.2) is 0 Å². The summed E-state index contributed by atoms with van der Waals surface area (Å²) in [5, 5.41) is 12.5. The zero-order valence-electron chi connectivity index (χ0n) is 10.7. The van der Waals surface area contributed by atoms with E-state index in [0.717, 1.165) is 18.8 Å². The lowest BCUT2D eigenvalue weighted by molar-refractivity contribution is 0.269. The van der Waals surface area contributed by atoms with Crippen LogP contribution in [0.1, 0.15) is 53.4 Å². The summed E-state index contributed by atoms with van der Waals surface area (Å²) in [7, 11) is 0. The van der Waals surface area contributed by atoms with Crippen molar-refractivity contribution in [2.24, 2.45) is 11.3 Å². The fraction of sp³-hybridized carbons (Fsp3) is 1.00. The molecule has 0 amide bonds. The summed E-state index contributed by atoms with van der Waals surface area (Å²) in [4.78, 5) is 0. The van der Waals surface area contributed by atoms with Crippen molar-refractivity contribution in [2.75, 3.05) is 6.61 Å². The highest BCUT2D eigenvalue weighted by molar-refractivity contribution is 4.92. The van der Waals surface area contributed by atoms with Crippen LogP contribution in [0.3, 0.4) is 0 Å². The third-order valence-electron chi connectivity index (χ3n) is 3.63. The van der Waals surface area contributed by atoms with Crippen LogP contribution < -0.4 is 5.32 Å². The Kier molecular flexibility index (Phi) is 4.60. The number of nitrogens with one attached hydrogen (secondary N) is 1. The highest BCUT2D eigenvalue weighted by Crippen LogP contribution is 2.41. The van der Waals surface area contributed by atoms with Gasteiger partial charge in [0.05, 0.1) is 0 Å². The van der Waals surface area contributed by atoms with Gasteiger partial charge < -0.3 is 10.4 Å². The number of hydrogen-bond acceptors (Lipinski definition) is 2. The molecule has 0 heterocycles. The summed E-state index contributed by atoms with van der Waals surface area (Å²) in [6, 6.07) is 1.21. The van der Waals surface area contributed by atoms with Crippen LogP contribution in [-0.2, 0) is 0 Å². The summed E-state index contributed by atoms with van der Waals surface area (Å²) in [6.45, 7) is 9.63. The molecular weight excluding hydrogens is 186 g/mol. The number of rotatable bonds is 5. The van der Waals surface area contributed by atoms with Crippen molar-refractivity contribution in [1.29, 1.82) is 0 Å². The quantitative estimate of drug-likeness (QED) is 0.735. The lowest BCUT2D eigenvalue weighted by Crippen LogP contribution is -2.38. The maximum absolute atomic E-state index is 8.78. The van der Waals surface area contributed by atoms with Gasteiger partial charge in [-0.25, -0.2) is 0 Å². The first-order chi connectivity index (χ1) is 6.94. The second-order valence-corrected chi connectivity index (χ2v) is 6.09. The van der Waals surface area contributed by atoms with Crippen molar-refractivity contribution in [3.63, 3.8) is 0 Å². The molecule has 0 unspecified atom stereocenters. The van der Waals surface area contributed by atoms with E-state index in [4.69, 9.17) is 5.11 Å². The van der Waals surface area contributed by atoms with Gasteiger partial charge in [-0.2, -0.15) is 0 Å². The SMILES string of the molecule is C[C@H](CCCO)N[C@@H]1CC(C)(C)C[C@H]1C. The van der Waals surface area contributed by atoms with Crippen molar-refractivity contribution in [3.05, 3.63) is 0 Å². The predicted molar refractivity (Wildman–Crippen MR) is 64.9 cm³/mol. The summed E-state index contributed by atoms with van der Waals surface area (Å²) in [6.07, 6.45) is 4.62. The van der Waals surface area contributed by atoms with Crippen LogP contribution in [0.2, 0.25) is 0 Å². The van der Waals surface area contributed by atoms with Gasteiger partial charge in [0, 0.05) is 18.7 Å². The lowest BCUT2D eigenvalue weighted by atomic mass is 9.91. The molecule has 1 aliphatic carbocycles. The van der Waals surface area contributed by atoms with Crippen LogP contribution >= 0.6 is 0 Å². The topological polar surface area (TPSA) is 32.3 Å². The van der Waals surface area contributed by atoms with E-state index >= 15 is 0 Å². The van der Waals surface area contributed by atoms with Crippen molar-refractivity contribution in [3.8, 4) is 0 Å². The zero-order valence-corrected chi connectivity index (χ0v) is 10.7. The minimum atomic E-state index is 0.317. The Morgan fingerprint density at radius 3 is 2.53 bits per heavy atom. The van der Waals surface area contributed by atoms with Gasteiger partial charge in [-0.05, 0) is 43.9 Å². The van der Waals surface area contributed by atoms with Crippen molar-refractivity contribution >= 4 is 0 Å². The van der Waals surface area contributed by atoms with E-state index in [9.17, 15) is 0 Å². The van der Waals surface area contributed by atoms with E-state index in [-0.39, 0.29) is 0 Å². The molecule has 0 bridgehead atoms. The maximum Gasteiger partial charge on any atom is 0.0431 e. The Labute approximate surface area is 94.5 Å².